The molecule has 1 spiro atoms. The molecule has 3 saturated carbocycles. The van der Waals surface area contributed by atoms with Crippen molar-refractivity contribution in [3.63, 3.8) is 0 Å². The Labute approximate surface area is 363 Å². The molecular formula is C45H72O17. The molecule has 0 bridgehead atoms. The summed E-state index contributed by atoms with van der Waals surface area (Å²) in [6.07, 6.45) is -10.3. The standard InChI is InChI=1S/C45H72O17/c1-19-9-14-45(62-39(19)54-6)20(2)30-28(61-45)16-26-24-8-7-22-15-23(10-12-43(22,4)25(24)11-13-44(26,30)5)57-42-38(60-41-36(53)34(51)31(48)21(3)56-41)37(33(50)29(17-46)58-42)59-40-35(52)32(49)27(47)18-55-40/h7,19-21,23-42,46-53H,8-18H2,1-6H3/t19-,20+,21+,23+,24-,25+,26+,27+,28+,29-,30+,31+,32+,33-,34-,35-,36-,37+,38-,39-,40+,41+,42-,43+,44+,45+/m1/s1. The van der Waals surface area contributed by atoms with E-state index in [9.17, 15) is 40.9 Å². The van der Waals surface area contributed by atoms with Crippen LogP contribution in [0.25, 0.3) is 0 Å². The number of hydrogen-bond donors (Lipinski definition) is 8. The fraction of sp³-hybridized carbons (Fsp3) is 0.956. The maximum Gasteiger partial charge on any atom is 0.187 e. The van der Waals surface area contributed by atoms with Gasteiger partial charge in [-0.15, -0.1) is 0 Å². The van der Waals surface area contributed by atoms with Crippen LogP contribution in [-0.4, -0.2) is 171 Å². The molecule has 5 saturated heterocycles. The molecule has 17 heteroatoms. The number of aliphatic hydroxyl groups excluding tert-OH is 8. The number of allylic oxidation sites excluding steroid dienone is 1. The van der Waals surface area contributed by atoms with Gasteiger partial charge >= 0.3 is 0 Å². The monoisotopic (exact) mass is 884 g/mol. The van der Waals surface area contributed by atoms with E-state index in [1.54, 1.807) is 7.11 Å². The van der Waals surface area contributed by atoms with Crippen molar-refractivity contribution in [2.75, 3.05) is 20.3 Å². The van der Waals surface area contributed by atoms with Gasteiger partial charge < -0.3 is 83.5 Å². The lowest BCUT2D eigenvalue weighted by Crippen LogP contribution is -2.66. The van der Waals surface area contributed by atoms with Gasteiger partial charge in [-0.1, -0.05) is 39.3 Å². The lowest BCUT2D eigenvalue weighted by Gasteiger charge is -2.59. The average Bonchev–Trinajstić information content (AvgIpc) is 3.70. The first-order valence-electron chi connectivity index (χ1n) is 23.3. The van der Waals surface area contributed by atoms with Crippen molar-refractivity contribution in [2.45, 2.75) is 203 Å². The van der Waals surface area contributed by atoms with Crippen LogP contribution in [0.5, 0.6) is 0 Å². The first-order chi connectivity index (χ1) is 29.4. The SMILES string of the molecule is CO[C@@H]1O[C@]2(CC[C@H]1C)O[C@H]1C[C@H]3[C@@H]4CC=C5C[C@@H](O[C@@H]6O[C@H](CO)[C@@H](O)[C@H](O[C@@H]7OC[C@H](O)[C@H](O)[C@H]7O)[C@H]6O[C@@H]6O[C@@H](C)[C@H](O)[C@@H](O)[C@H]6O)CC[C@]5(C)[C@H]4CC[C@]3(C)[C@H]1[C@@H]2C. The van der Waals surface area contributed by atoms with Crippen molar-refractivity contribution in [3.05, 3.63) is 11.6 Å². The second-order valence-electron chi connectivity index (χ2n) is 20.9. The lowest BCUT2D eigenvalue weighted by molar-refractivity contribution is -0.390. The number of aliphatic hydroxyl groups is 8. The Morgan fingerprint density at radius 1 is 0.726 bits per heavy atom. The van der Waals surface area contributed by atoms with E-state index in [2.05, 4.69) is 33.8 Å². The van der Waals surface area contributed by atoms with Gasteiger partial charge in [-0.05, 0) is 92.8 Å². The van der Waals surface area contributed by atoms with E-state index in [0.29, 0.717) is 42.4 Å². The number of fused-ring (bicyclic) bond motifs is 7. The Bertz CT molecular complexity index is 1620. The predicted molar refractivity (Wildman–Crippen MR) is 214 cm³/mol. The minimum atomic E-state index is -1.72. The molecule has 0 aromatic carbocycles. The molecule has 0 aromatic rings. The third kappa shape index (κ3) is 7.49. The van der Waals surface area contributed by atoms with Gasteiger partial charge in [0.1, 0.15) is 61.0 Å². The molecule has 8 N–H and O–H groups in total. The van der Waals surface area contributed by atoms with Crippen molar-refractivity contribution in [3.8, 4) is 0 Å². The Hall–Kier alpha value is -0.940. The Morgan fingerprint density at radius 3 is 2.21 bits per heavy atom. The maximum absolute atomic E-state index is 11.5. The van der Waals surface area contributed by atoms with Gasteiger partial charge in [0.15, 0.2) is 30.9 Å². The summed E-state index contributed by atoms with van der Waals surface area (Å²) in [6, 6.07) is 0. The van der Waals surface area contributed by atoms with Gasteiger partial charge in [-0.3, -0.25) is 0 Å². The maximum atomic E-state index is 11.5. The van der Waals surface area contributed by atoms with E-state index in [4.69, 9.17) is 42.6 Å². The van der Waals surface area contributed by atoms with Gasteiger partial charge in [0.05, 0.1) is 31.5 Å². The van der Waals surface area contributed by atoms with Gasteiger partial charge in [-0.2, -0.15) is 0 Å². The number of methoxy groups -OCH3 is 1. The van der Waals surface area contributed by atoms with Crippen molar-refractivity contribution in [1.29, 1.82) is 0 Å². The molecule has 5 heterocycles. The topological polar surface area (TPSA) is 245 Å². The van der Waals surface area contributed by atoms with Crippen LogP contribution in [0.15, 0.2) is 11.6 Å². The Balaban J connectivity index is 0.928. The zero-order chi connectivity index (χ0) is 44.2. The van der Waals surface area contributed by atoms with Crippen molar-refractivity contribution in [1.82, 2.24) is 0 Å². The van der Waals surface area contributed by atoms with Crippen LogP contribution in [0, 0.1) is 46.3 Å². The van der Waals surface area contributed by atoms with Gasteiger partial charge in [0.25, 0.3) is 0 Å². The molecule has 354 valence electrons. The Kier molecular flexibility index (Phi) is 12.9. The van der Waals surface area contributed by atoms with Crippen molar-refractivity contribution < 1.29 is 83.5 Å². The van der Waals surface area contributed by atoms with Crippen LogP contribution < -0.4 is 0 Å². The van der Waals surface area contributed by atoms with Crippen LogP contribution >= 0.6 is 0 Å². The second kappa shape index (κ2) is 17.3. The molecule has 5 aliphatic heterocycles. The van der Waals surface area contributed by atoms with E-state index in [0.717, 1.165) is 44.9 Å². The molecule has 9 rings (SSSR count). The number of hydrogen-bond acceptors (Lipinski definition) is 17. The summed E-state index contributed by atoms with van der Waals surface area (Å²) in [5, 5.41) is 85.2. The van der Waals surface area contributed by atoms with Crippen molar-refractivity contribution >= 4 is 0 Å². The van der Waals surface area contributed by atoms with Crippen molar-refractivity contribution in [2.24, 2.45) is 46.3 Å². The quantitative estimate of drug-likeness (QED) is 0.157. The highest BCUT2D eigenvalue weighted by Crippen LogP contribution is 2.71. The van der Waals surface area contributed by atoms with Gasteiger partial charge in [-0.25, -0.2) is 0 Å². The summed E-state index contributed by atoms with van der Waals surface area (Å²) in [5.41, 5.74) is 1.43. The van der Waals surface area contributed by atoms with Crippen LogP contribution in [-0.2, 0) is 42.6 Å². The minimum absolute atomic E-state index is 0.0460. The molecular weight excluding hydrogens is 812 g/mol. The van der Waals surface area contributed by atoms with Crippen LogP contribution in [0.1, 0.15) is 92.4 Å². The normalized spacial score (nSPS) is 57.6. The third-order valence-corrected chi connectivity index (χ3v) is 17.7. The van der Waals surface area contributed by atoms with Gasteiger partial charge in [0.2, 0.25) is 0 Å². The third-order valence-electron chi connectivity index (χ3n) is 17.7. The summed E-state index contributed by atoms with van der Waals surface area (Å²) >= 11 is 0. The fourth-order valence-electron chi connectivity index (χ4n) is 14.0. The van der Waals surface area contributed by atoms with Crippen LogP contribution in [0.4, 0.5) is 0 Å². The molecule has 0 aromatic heterocycles. The molecule has 17 nitrogen and oxygen atoms in total. The zero-order valence-electron chi connectivity index (χ0n) is 36.9. The average molecular weight is 885 g/mol. The van der Waals surface area contributed by atoms with E-state index in [-0.39, 0.29) is 41.9 Å². The van der Waals surface area contributed by atoms with E-state index < -0.39 is 98.4 Å². The van der Waals surface area contributed by atoms with E-state index in [1.165, 1.54) is 12.5 Å². The minimum Gasteiger partial charge on any atom is -0.394 e. The van der Waals surface area contributed by atoms with Crippen LogP contribution in [0.2, 0.25) is 0 Å². The highest BCUT2D eigenvalue weighted by Gasteiger charge is 2.69. The summed E-state index contributed by atoms with van der Waals surface area (Å²) in [6.45, 7) is 9.95. The molecule has 9 aliphatic rings. The van der Waals surface area contributed by atoms with Crippen LogP contribution in [0.3, 0.4) is 0 Å². The lowest BCUT2D eigenvalue weighted by atomic mass is 9.47. The predicted octanol–water partition coefficient (Wildman–Crippen LogP) is 0.826. The summed E-state index contributed by atoms with van der Waals surface area (Å²) < 4.78 is 56.1. The van der Waals surface area contributed by atoms with Gasteiger partial charge in [0, 0.05) is 25.4 Å². The molecule has 4 aliphatic carbocycles. The highest BCUT2D eigenvalue weighted by atomic mass is 16.8. The summed E-state index contributed by atoms with van der Waals surface area (Å²) in [7, 11) is 1.73. The number of rotatable bonds is 8. The summed E-state index contributed by atoms with van der Waals surface area (Å²) in [4.78, 5) is 0. The first kappa shape index (κ1) is 46.2. The second-order valence-corrected chi connectivity index (χ2v) is 20.9. The fourth-order valence-corrected chi connectivity index (χ4v) is 14.0. The molecule has 8 fully saturated rings. The van der Waals surface area contributed by atoms with E-state index >= 15 is 0 Å². The molecule has 0 radical (unpaired) electrons. The molecule has 62 heavy (non-hydrogen) atoms. The molecule has 26 atom stereocenters. The summed E-state index contributed by atoms with van der Waals surface area (Å²) in [5.74, 6) is 1.97. The smallest absolute Gasteiger partial charge is 0.187 e. The Morgan fingerprint density at radius 2 is 1.47 bits per heavy atom. The first-order valence-corrected chi connectivity index (χ1v) is 23.3. The zero-order valence-corrected chi connectivity index (χ0v) is 36.9. The number of ether oxygens (including phenoxy) is 9. The highest BCUT2D eigenvalue weighted by molar-refractivity contribution is 5.26. The molecule has 0 amide bonds. The van der Waals surface area contributed by atoms with E-state index in [1.807, 2.05) is 0 Å². The molecule has 0 unspecified atom stereocenters. The largest absolute Gasteiger partial charge is 0.394 e.